The zero-order valence-corrected chi connectivity index (χ0v) is 13.0. The summed E-state index contributed by atoms with van der Waals surface area (Å²) in [5.41, 5.74) is 11.7. The second-order valence-corrected chi connectivity index (χ2v) is 7.24. The molecular formula is C13H21N3O3S. The fourth-order valence-electron chi connectivity index (χ4n) is 2.02. The van der Waals surface area contributed by atoms with E-state index in [1.807, 2.05) is 0 Å². The van der Waals surface area contributed by atoms with Gasteiger partial charge in [-0.3, -0.25) is 4.79 Å². The first-order chi connectivity index (χ1) is 8.94. The summed E-state index contributed by atoms with van der Waals surface area (Å²) in [4.78, 5) is 11.1. The molecule has 6 nitrogen and oxygen atoms in total. The van der Waals surface area contributed by atoms with Crippen LogP contribution in [0.2, 0.25) is 0 Å². The van der Waals surface area contributed by atoms with E-state index in [-0.39, 0.29) is 11.3 Å². The van der Waals surface area contributed by atoms with Gasteiger partial charge in [-0.2, -0.15) is 0 Å². The smallest absolute Gasteiger partial charge is 0.241 e. The number of rotatable bonds is 5. The number of sulfonamides is 1. The van der Waals surface area contributed by atoms with Crippen LogP contribution in [0.5, 0.6) is 0 Å². The van der Waals surface area contributed by atoms with Crippen molar-refractivity contribution in [2.75, 3.05) is 5.73 Å². The maximum atomic E-state index is 12.4. The Morgan fingerprint density at radius 3 is 2.35 bits per heavy atom. The number of primary amides is 1. The summed E-state index contributed by atoms with van der Waals surface area (Å²) in [5, 5.41) is 0. The molecule has 0 saturated heterocycles. The van der Waals surface area contributed by atoms with Crippen molar-refractivity contribution in [1.82, 2.24) is 4.72 Å². The lowest BCUT2D eigenvalue weighted by molar-refractivity contribution is -0.119. The number of hydrogen-bond donors (Lipinski definition) is 3. The molecule has 112 valence electrons. The van der Waals surface area contributed by atoms with Crippen molar-refractivity contribution >= 4 is 21.6 Å². The van der Waals surface area contributed by atoms with E-state index in [0.717, 1.165) is 5.56 Å². The van der Waals surface area contributed by atoms with E-state index in [1.165, 1.54) is 6.07 Å². The van der Waals surface area contributed by atoms with Gasteiger partial charge in [0, 0.05) is 17.6 Å². The lowest BCUT2D eigenvalue weighted by Crippen LogP contribution is -2.46. The molecule has 0 aromatic heterocycles. The first-order valence-electron chi connectivity index (χ1n) is 6.13. The van der Waals surface area contributed by atoms with Gasteiger partial charge in [0.15, 0.2) is 0 Å². The number of amides is 1. The molecule has 0 aliphatic carbocycles. The Kier molecular flexibility index (Phi) is 4.45. The molecule has 0 fully saturated rings. The van der Waals surface area contributed by atoms with Gasteiger partial charge in [-0.25, -0.2) is 13.1 Å². The Labute approximate surface area is 119 Å². The van der Waals surface area contributed by atoms with E-state index >= 15 is 0 Å². The van der Waals surface area contributed by atoms with Crippen molar-refractivity contribution in [2.24, 2.45) is 5.73 Å². The van der Waals surface area contributed by atoms with Crippen LogP contribution in [0.15, 0.2) is 17.0 Å². The molecule has 1 amide bonds. The second kappa shape index (κ2) is 5.41. The molecular weight excluding hydrogens is 278 g/mol. The van der Waals surface area contributed by atoms with Crippen LogP contribution in [-0.4, -0.2) is 19.9 Å². The van der Waals surface area contributed by atoms with Crippen molar-refractivity contribution in [3.05, 3.63) is 23.3 Å². The Hall–Kier alpha value is -1.60. The summed E-state index contributed by atoms with van der Waals surface area (Å²) < 4.78 is 27.4. The van der Waals surface area contributed by atoms with Crippen LogP contribution in [-0.2, 0) is 14.8 Å². The van der Waals surface area contributed by atoms with Gasteiger partial charge in [0.05, 0.1) is 4.90 Å². The molecule has 7 heteroatoms. The molecule has 1 aromatic carbocycles. The third kappa shape index (κ3) is 3.94. The van der Waals surface area contributed by atoms with Gasteiger partial charge in [-0.15, -0.1) is 0 Å². The maximum Gasteiger partial charge on any atom is 0.241 e. The zero-order valence-electron chi connectivity index (χ0n) is 12.1. The monoisotopic (exact) mass is 299 g/mol. The average molecular weight is 299 g/mol. The van der Waals surface area contributed by atoms with Gasteiger partial charge >= 0.3 is 0 Å². The van der Waals surface area contributed by atoms with Crippen molar-refractivity contribution in [3.63, 3.8) is 0 Å². The standard InChI is InChI=1S/C13H21N3O3S/c1-8-5-10(14)6-11(9(8)2)20(18,19)16-13(3,4)7-12(15)17/h5-6,16H,7,14H2,1-4H3,(H2,15,17). The number of nitrogens with two attached hydrogens (primary N) is 2. The fourth-order valence-corrected chi connectivity index (χ4v) is 3.79. The van der Waals surface area contributed by atoms with E-state index in [9.17, 15) is 13.2 Å². The molecule has 1 rings (SSSR count). The summed E-state index contributed by atoms with van der Waals surface area (Å²) in [6, 6.07) is 3.12. The Morgan fingerprint density at radius 1 is 1.30 bits per heavy atom. The Bertz CT molecular complexity index is 637. The average Bonchev–Trinajstić information content (AvgIpc) is 2.19. The number of anilines is 1. The van der Waals surface area contributed by atoms with Crippen molar-refractivity contribution < 1.29 is 13.2 Å². The minimum Gasteiger partial charge on any atom is -0.399 e. The second-order valence-electron chi connectivity index (χ2n) is 5.59. The van der Waals surface area contributed by atoms with Crippen molar-refractivity contribution in [1.29, 1.82) is 0 Å². The van der Waals surface area contributed by atoms with Gasteiger partial charge in [0.1, 0.15) is 0 Å². The van der Waals surface area contributed by atoms with Gasteiger partial charge in [0.25, 0.3) is 0 Å². The minimum absolute atomic E-state index is 0.0907. The number of aryl methyl sites for hydroxylation is 1. The molecule has 0 heterocycles. The summed E-state index contributed by atoms with van der Waals surface area (Å²) in [6.45, 7) is 6.71. The molecule has 0 aliphatic rings. The summed E-state index contributed by atoms with van der Waals surface area (Å²) in [7, 11) is -3.78. The quantitative estimate of drug-likeness (QED) is 0.698. The van der Waals surface area contributed by atoms with Crippen LogP contribution in [0.25, 0.3) is 0 Å². The first kappa shape index (κ1) is 16.5. The van der Waals surface area contributed by atoms with Crippen molar-refractivity contribution in [2.45, 2.75) is 44.6 Å². The van der Waals surface area contributed by atoms with E-state index in [4.69, 9.17) is 11.5 Å². The summed E-state index contributed by atoms with van der Waals surface area (Å²) >= 11 is 0. The van der Waals surface area contributed by atoms with E-state index in [1.54, 1.807) is 33.8 Å². The fraction of sp³-hybridized carbons (Fsp3) is 0.462. The van der Waals surface area contributed by atoms with Crippen LogP contribution in [0.1, 0.15) is 31.4 Å². The predicted octanol–water partition coefficient (Wildman–Crippen LogP) is 0.818. The van der Waals surface area contributed by atoms with Gasteiger partial charge in [-0.05, 0) is 51.0 Å². The highest BCUT2D eigenvalue weighted by atomic mass is 32.2. The predicted molar refractivity (Wildman–Crippen MR) is 78.5 cm³/mol. The lowest BCUT2D eigenvalue weighted by atomic mass is 10.0. The Morgan fingerprint density at radius 2 is 1.85 bits per heavy atom. The van der Waals surface area contributed by atoms with Crippen LogP contribution in [0.3, 0.4) is 0 Å². The highest BCUT2D eigenvalue weighted by molar-refractivity contribution is 7.89. The zero-order chi connectivity index (χ0) is 15.7. The molecule has 20 heavy (non-hydrogen) atoms. The summed E-state index contributed by atoms with van der Waals surface area (Å²) in [5.74, 6) is -0.571. The normalized spacial score (nSPS) is 12.4. The Balaban J connectivity index is 3.22. The number of nitrogens with one attached hydrogen (secondary N) is 1. The van der Waals surface area contributed by atoms with Crippen LogP contribution >= 0.6 is 0 Å². The van der Waals surface area contributed by atoms with Crippen LogP contribution < -0.4 is 16.2 Å². The molecule has 0 spiro atoms. The first-order valence-corrected chi connectivity index (χ1v) is 7.62. The molecule has 0 radical (unpaired) electrons. The highest BCUT2D eigenvalue weighted by Gasteiger charge is 2.29. The van der Waals surface area contributed by atoms with Crippen LogP contribution in [0, 0.1) is 13.8 Å². The van der Waals surface area contributed by atoms with Gasteiger partial charge in [0.2, 0.25) is 15.9 Å². The molecule has 0 atom stereocenters. The van der Waals surface area contributed by atoms with Crippen molar-refractivity contribution in [3.8, 4) is 0 Å². The van der Waals surface area contributed by atoms with Gasteiger partial charge in [-0.1, -0.05) is 0 Å². The molecule has 0 aliphatic heterocycles. The molecule has 5 N–H and O–H groups in total. The lowest BCUT2D eigenvalue weighted by Gasteiger charge is -2.25. The molecule has 1 aromatic rings. The van der Waals surface area contributed by atoms with Gasteiger partial charge < -0.3 is 11.5 Å². The number of nitrogen functional groups attached to an aromatic ring is 1. The number of carbonyl (C=O) groups is 1. The largest absolute Gasteiger partial charge is 0.399 e. The molecule has 0 saturated carbocycles. The topological polar surface area (TPSA) is 115 Å². The maximum absolute atomic E-state index is 12.4. The number of carbonyl (C=O) groups excluding carboxylic acids is 1. The SMILES string of the molecule is Cc1cc(N)cc(S(=O)(=O)NC(C)(C)CC(N)=O)c1C. The molecule has 0 bridgehead atoms. The van der Waals surface area contributed by atoms with E-state index in [0.29, 0.717) is 11.3 Å². The highest BCUT2D eigenvalue weighted by Crippen LogP contribution is 2.24. The third-order valence-corrected chi connectivity index (χ3v) is 4.78. The van der Waals surface area contributed by atoms with Crippen LogP contribution in [0.4, 0.5) is 5.69 Å². The summed E-state index contributed by atoms with van der Waals surface area (Å²) in [6.07, 6.45) is -0.0907. The third-order valence-electron chi connectivity index (χ3n) is 2.96. The minimum atomic E-state index is -3.78. The number of hydrogen-bond acceptors (Lipinski definition) is 4. The van der Waals surface area contributed by atoms with E-state index in [2.05, 4.69) is 4.72 Å². The number of benzene rings is 1. The van der Waals surface area contributed by atoms with E-state index < -0.39 is 21.5 Å². The molecule has 0 unspecified atom stereocenters.